The van der Waals surface area contributed by atoms with E-state index in [1.165, 1.54) is 11.3 Å². The maximum Gasteiger partial charge on any atom is 0.254 e. The van der Waals surface area contributed by atoms with E-state index in [2.05, 4.69) is 4.98 Å². The van der Waals surface area contributed by atoms with Crippen molar-refractivity contribution < 1.29 is 9.90 Å². The Balaban J connectivity index is 1.91. The lowest BCUT2D eigenvalue weighted by Crippen LogP contribution is -2.35. The van der Waals surface area contributed by atoms with E-state index in [4.69, 9.17) is 10.8 Å². The van der Waals surface area contributed by atoms with Gasteiger partial charge < -0.3 is 15.7 Å². The molecule has 2 aromatic rings. The number of benzene rings is 1. The number of thiazole rings is 1. The monoisotopic (exact) mass is 277 g/mol. The van der Waals surface area contributed by atoms with Crippen LogP contribution in [0.3, 0.4) is 0 Å². The molecule has 0 atom stereocenters. The van der Waals surface area contributed by atoms with Crippen LogP contribution in [-0.4, -0.2) is 40.1 Å². The molecule has 0 unspecified atom stereocenters. The molecule has 3 N–H and O–H groups in total. The van der Waals surface area contributed by atoms with Crippen LogP contribution in [-0.2, 0) is 0 Å². The third kappa shape index (κ3) is 2.41. The number of nitrogen functional groups attached to an aromatic ring is 1. The van der Waals surface area contributed by atoms with E-state index in [-0.39, 0.29) is 12.5 Å². The Morgan fingerprint density at radius 1 is 1.53 bits per heavy atom. The number of amides is 1. The van der Waals surface area contributed by atoms with Crippen molar-refractivity contribution in [3.05, 3.63) is 23.8 Å². The molecular weight excluding hydrogens is 262 g/mol. The lowest BCUT2D eigenvalue weighted by Gasteiger charge is -2.21. The smallest absolute Gasteiger partial charge is 0.254 e. The quantitative estimate of drug-likeness (QED) is 0.887. The van der Waals surface area contributed by atoms with E-state index < -0.39 is 0 Å². The highest BCUT2D eigenvalue weighted by molar-refractivity contribution is 7.22. The topological polar surface area (TPSA) is 79.5 Å². The highest BCUT2D eigenvalue weighted by Gasteiger charge is 2.32. The van der Waals surface area contributed by atoms with Crippen LogP contribution >= 0.6 is 11.3 Å². The molecule has 1 saturated carbocycles. The molecule has 3 rings (SSSR count). The summed E-state index contributed by atoms with van der Waals surface area (Å²) in [5, 5.41) is 9.57. The number of rotatable bonds is 4. The summed E-state index contributed by atoms with van der Waals surface area (Å²) in [6.45, 7) is 0.393. The normalized spacial score (nSPS) is 14.8. The number of aliphatic hydroxyl groups is 1. The van der Waals surface area contributed by atoms with E-state index in [0.717, 1.165) is 23.1 Å². The fraction of sp³-hybridized carbons (Fsp3) is 0.385. The maximum absolute atomic E-state index is 12.4. The number of nitrogens with zero attached hydrogens (tertiary/aromatic N) is 2. The zero-order valence-corrected chi connectivity index (χ0v) is 11.2. The molecule has 1 aromatic heterocycles. The van der Waals surface area contributed by atoms with Gasteiger partial charge in [0.15, 0.2) is 5.13 Å². The minimum absolute atomic E-state index is 0.00199. The summed E-state index contributed by atoms with van der Waals surface area (Å²) in [5.74, 6) is -0.0228. The summed E-state index contributed by atoms with van der Waals surface area (Å²) in [6, 6.07) is 5.72. The highest BCUT2D eigenvalue weighted by atomic mass is 32.1. The Hall–Kier alpha value is -1.66. The number of hydrogen-bond acceptors (Lipinski definition) is 5. The van der Waals surface area contributed by atoms with Crippen LogP contribution in [0.2, 0.25) is 0 Å². The second-order valence-electron chi connectivity index (χ2n) is 4.69. The van der Waals surface area contributed by atoms with Gasteiger partial charge in [-0.1, -0.05) is 11.3 Å². The summed E-state index contributed by atoms with van der Waals surface area (Å²) in [5.41, 5.74) is 7.12. The number of hydrogen-bond donors (Lipinski definition) is 2. The van der Waals surface area contributed by atoms with Gasteiger partial charge in [-0.3, -0.25) is 4.79 Å². The summed E-state index contributed by atoms with van der Waals surface area (Å²) >= 11 is 1.38. The molecule has 0 radical (unpaired) electrons. The van der Waals surface area contributed by atoms with Crippen molar-refractivity contribution in [3.8, 4) is 0 Å². The van der Waals surface area contributed by atoms with E-state index in [9.17, 15) is 4.79 Å². The molecule has 0 aliphatic heterocycles. The maximum atomic E-state index is 12.4. The average molecular weight is 277 g/mol. The van der Waals surface area contributed by atoms with Crippen LogP contribution in [0.25, 0.3) is 10.2 Å². The van der Waals surface area contributed by atoms with Crippen LogP contribution in [0.5, 0.6) is 0 Å². The standard InChI is InChI=1S/C13H15N3O2S/c14-13-15-10-4-1-8(7-11(10)19-13)12(18)16(5-6-17)9-2-3-9/h1,4,7,9,17H,2-3,5-6H2,(H2,14,15). The number of aliphatic hydroxyl groups excluding tert-OH is 1. The first kappa shape index (κ1) is 12.4. The van der Waals surface area contributed by atoms with Gasteiger partial charge in [0, 0.05) is 18.2 Å². The molecule has 1 aromatic carbocycles. The zero-order valence-electron chi connectivity index (χ0n) is 10.4. The number of aromatic nitrogens is 1. The first-order chi connectivity index (χ1) is 9.19. The minimum atomic E-state index is -0.0228. The van der Waals surface area contributed by atoms with Gasteiger partial charge in [0.05, 0.1) is 16.8 Å². The summed E-state index contributed by atoms with van der Waals surface area (Å²) in [4.78, 5) is 18.4. The number of nitrogens with two attached hydrogens (primary N) is 1. The summed E-state index contributed by atoms with van der Waals surface area (Å²) in [6.07, 6.45) is 2.06. The average Bonchev–Trinajstić information content (AvgIpc) is 3.15. The van der Waals surface area contributed by atoms with Gasteiger partial charge in [-0.15, -0.1) is 0 Å². The van der Waals surface area contributed by atoms with Crippen molar-refractivity contribution in [1.29, 1.82) is 0 Å². The second kappa shape index (κ2) is 4.79. The first-order valence-electron chi connectivity index (χ1n) is 6.27. The molecule has 1 fully saturated rings. The molecule has 0 saturated heterocycles. The molecule has 1 heterocycles. The van der Waals surface area contributed by atoms with E-state index >= 15 is 0 Å². The molecule has 0 bridgehead atoms. The van der Waals surface area contributed by atoms with Gasteiger partial charge in [-0.25, -0.2) is 4.98 Å². The molecule has 0 spiro atoms. The van der Waals surface area contributed by atoms with E-state index in [1.54, 1.807) is 11.0 Å². The van der Waals surface area contributed by atoms with Crippen molar-refractivity contribution in [1.82, 2.24) is 9.88 Å². The van der Waals surface area contributed by atoms with Crippen LogP contribution in [0.15, 0.2) is 18.2 Å². The van der Waals surface area contributed by atoms with Gasteiger partial charge in [0.2, 0.25) is 0 Å². The van der Waals surface area contributed by atoms with Crippen molar-refractivity contribution in [2.45, 2.75) is 18.9 Å². The molecule has 6 heteroatoms. The molecule has 1 amide bonds. The number of carbonyl (C=O) groups is 1. The molecule has 1 aliphatic rings. The minimum Gasteiger partial charge on any atom is -0.395 e. The molecular formula is C13H15N3O2S. The molecule has 1 aliphatic carbocycles. The van der Waals surface area contributed by atoms with Crippen LogP contribution in [0, 0.1) is 0 Å². The van der Waals surface area contributed by atoms with Crippen LogP contribution in [0.4, 0.5) is 5.13 Å². The predicted octanol–water partition coefficient (Wildman–Crippen LogP) is 1.48. The van der Waals surface area contributed by atoms with Crippen LogP contribution in [0.1, 0.15) is 23.2 Å². The Labute approximate surface area is 114 Å². The van der Waals surface area contributed by atoms with Gasteiger partial charge in [0.1, 0.15) is 0 Å². The second-order valence-corrected chi connectivity index (χ2v) is 5.75. The molecule has 100 valence electrons. The third-order valence-electron chi connectivity index (χ3n) is 3.24. The van der Waals surface area contributed by atoms with Gasteiger partial charge in [-0.05, 0) is 31.0 Å². The van der Waals surface area contributed by atoms with Crippen molar-refractivity contribution in [3.63, 3.8) is 0 Å². The van der Waals surface area contributed by atoms with Crippen molar-refractivity contribution >= 4 is 32.6 Å². The van der Waals surface area contributed by atoms with Crippen LogP contribution < -0.4 is 5.73 Å². The largest absolute Gasteiger partial charge is 0.395 e. The van der Waals surface area contributed by atoms with Crippen molar-refractivity contribution in [2.24, 2.45) is 0 Å². The lowest BCUT2D eigenvalue weighted by molar-refractivity contribution is 0.0708. The predicted molar refractivity (Wildman–Crippen MR) is 75.2 cm³/mol. The third-order valence-corrected chi connectivity index (χ3v) is 4.09. The van der Waals surface area contributed by atoms with Crippen molar-refractivity contribution in [2.75, 3.05) is 18.9 Å². The van der Waals surface area contributed by atoms with Gasteiger partial charge in [-0.2, -0.15) is 0 Å². The Kier molecular flexibility index (Phi) is 3.12. The number of carbonyl (C=O) groups excluding carboxylic acids is 1. The van der Waals surface area contributed by atoms with Gasteiger partial charge >= 0.3 is 0 Å². The highest BCUT2D eigenvalue weighted by Crippen LogP contribution is 2.29. The number of anilines is 1. The Morgan fingerprint density at radius 3 is 3.00 bits per heavy atom. The first-order valence-corrected chi connectivity index (χ1v) is 7.08. The number of fused-ring (bicyclic) bond motifs is 1. The lowest BCUT2D eigenvalue weighted by atomic mass is 10.2. The van der Waals surface area contributed by atoms with E-state index in [1.807, 2.05) is 12.1 Å². The fourth-order valence-electron chi connectivity index (χ4n) is 2.19. The zero-order chi connectivity index (χ0) is 13.4. The SMILES string of the molecule is Nc1nc2ccc(C(=O)N(CCO)C3CC3)cc2s1. The fourth-order valence-corrected chi connectivity index (χ4v) is 2.96. The summed E-state index contributed by atoms with van der Waals surface area (Å²) < 4.78 is 0.920. The molecule has 5 nitrogen and oxygen atoms in total. The summed E-state index contributed by atoms with van der Waals surface area (Å²) in [7, 11) is 0. The van der Waals surface area contributed by atoms with E-state index in [0.29, 0.717) is 23.3 Å². The molecule has 19 heavy (non-hydrogen) atoms. The Morgan fingerprint density at radius 2 is 2.32 bits per heavy atom. The van der Waals surface area contributed by atoms with Gasteiger partial charge in [0.25, 0.3) is 5.91 Å². The Bertz CT molecular complexity index is 621.